The summed E-state index contributed by atoms with van der Waals surface area (Å²) < 4.78 is 7.12. The van der Waals surface area contributed by atoms with Crippen molar-refractivity contribution < 1.29 is 9.53 Å². The second-order valence-electron chi connectivity index (χ2n) is 5.07. The van der Waals surface area contributed by atoms with Gasteiger partial charge in [-0.25, -0.2) is 4.79 Å². The Morgan fingerprint density at radius 2 is 2.05 bits per heavy atom. The van der Waals surface area contributed by atoms with Gasteiger partial charge < -0.3 is 10.1 Å². The largest absolute Gasteiger partial charge is 0.465 e. The fourth-order valence-electron chi connectivity index (χ4n) is 2.28. The molecular weight excluding hydrogens is 254 g/mol. The maximum Gasteiger partial charge on any atom is 0.327 e. The van der Waals surface area contributed by atoms with Gasteiger partial charge in [0.1, 0.15) is 5.54 Å². The molecular formula is C15H27N3O2. The minimum atomic E-state index is -0.744. The van der Waals surface area contributed by atoms with Gasteiger partial charge >= 0.3 is 5.97 Å². The highest BCUT2D eigenvalue weighted by Gasteiger charge is 2.35. The number of aromatic nitrogens is 2. The van der Waals surface area contributed by atoms with E-state index in [-0.39, 0.29) is 5.97 Å². The zero-order valence-electron chi connectivity index (χ0n) is 13.3. The van der Waals surface area contributed by atoms with Gasteiger partial charge in [0.2, 0.25) is 0 Å². The molecule has 1 rings (SSSR count). The molecule has 1 N–H and O–H groups in total. The van der Waals surface area contributed by atoms with Gasteiger partial charge in [-0.1, -0.05) is 20.8 Å². The topological polar surface area (TPSA) is 56.2 Å². The molecule has 1 unspecified atom stereocenters. The van der Waals surface area contributed by atoms with Crippen LogP contribution in [0.3, 0.4) is 0 Å². The Hall–Kier alpha value is -1.36. The van der Waals surface area contributed by atoms with Crippen LogP contribution in [0.2, 0.25) is 0 Å². The summed E-state index contributed by atoms with van der Waals surface area (Å²) in [5.74, 6) is -0.225. The number of nitrogens with zero attached hydrogens (tertiary/aromatic N) is 2. The molecule has 20 heavy (non-hydrogen) atoms. The second kappa shape index (κ2) is 7.43. The van der Waals surface area contributed by atoms with Crippen LogP contribution in [-0.2, 0) is 28.9 Å². The van der Waals surface area contributed by atoms with Gasteiger partial charge in [-0.15, -0.1) is 0 Å². The van der Waals surface area contributed by atoms with Crippen molar-refractivity contribution in [1.29, 1.82) is 0 Å². The summed E-state index contributed by atoms with van der Waals surface area (Å²) in [4.78, 5) is 12.2. The minimum Gasteiger partial charge on any atom is -0.465 e. The summed E-state index contributed by atoms with van der Waals surface area (Å²) in [6, 6.07) is 2.11. The molecule has 0 bridgehead atoms. The summed E-state index contributed by atoms with van der Waals surface area (Å²) in [5, 5.41) is 7.81. The number of hydrogen-bond donors (Lipinski definition) is 1. The monoisotopic (exact) mass is 281 g/mol. The highest BCUT2D eigenvalue weighted by Crippen LogP contribution is 2.14. The predicted octanol–water partition coefficient (Wildman–Crippen LogP) is 1.94. The lowest BCUT2D eigenvalue weighted by molar-refractivity contribution is -0.151. The fraction of sp³-hybridized carbons (Fsp3) is 0.733. The minimum absolute atomic E-state index is 0.225. The molecule has 0 aliphatic rings. The maximum absolute atomic E-state index is 12.2. The number of likely N-dealkylation sites (N-methyl/N-ethyl adjacent to an activating group) is 1. The Kier molecular flexibility index (Phi) is 6.20. The molecule has 0 radical (unpaired) electrons. The zero-order valence-corrected chi connectivity index (χ0v) is 13.3. The summed E-state index contributed by atoms with van der Waals surface area (Å²) in [6.07, 6.45) is 1.80. The third kappa shape index (κ3) is 3.82. The van der Waals surface area contributed by atoms with Crippen molar-refractivity contribution in [3.63, 3.8) is 0 Å². The Morgan fingerprint density at radius 1 is 1.35 bits per heavy atom. The molecule has 1 aromatic rings. The first kappa shape index (κ1) is 16.7. The third-order valence-electron chi connectivity index (χ3n) is 3.40. The van der Waals surface area contributed by atoms with Crippen LogP contribution in [0.1, 0.15) is 46.0 Å². The normalized spacial score (nSPS) is 14.1. The molecule has 0 aromatic carbocycles. The number of carbonyl (C=O) groups excluding carboxylic acids is 1. The van der Waals surface area contributed by atoms with Crippen LogP contribution < -0.4 is 5.32 Å². The van der Waals surface area contributed by atoms with E-state index in [9.17, 15) is 4.79 Å². The quantitative estimate of drug-likeness (QED) is 0.740. The van der Waals surface area contributed by atoms with E-state index >= 15 is 0 Å². The average Bonchev–Trinajstić information content (AvgIpc) is 2.81. The number of rotatable bonds is 8. The smallest absolute Gasteiger partial charge is 0.327 e. The second-order valence-corrected chi connectivity index (χ2v) is 5.07. The highest BCUT2D eigenvalue weighted by atomic mass is 16.5. The Labute approximate surface area is 121 Å². The summed E-state index contributed by atoms with van der Waals surface area (Å²) in [6.45, 7) is 11.5. The summed E-state index contributed by atoms with van der Waals surface area (Å²) in [5.41, 5.74) is 1.46. The van der Waals surface area contributed by atoms with Crippen molar-refractivity contribution in [1.82, 2.24) is 15.1 Å². The van der Waals surface area contributed by atoms with Crippen molar-refractivity contribution in [2.45, 2.75) is 59.5 Å². The van der Waals surface area contributed by atoms with E-state index < -0.39 is 5.54 Å². The fourth-order valence-corrected chi connectivity index (χ4v) is 2.28. The molecule has 0 amide bonds. The molecule has 114 valence electrons. The first-order valence-corrected chi connectivity index (χ1v) is 7.48. The van der Waals surface area contributed by atoms with E-state index in [4.69, 9.17) is 4.74 Å². The van der Waals surface area contributed by atoms with Crippen molar-refractivity contribution in [2.24, 2.45) is 0 Å². The number of nitrogens with one attached hydrogen (secondary N) is 1. The van der Waals surface area contributed by atoms with Gasteiger partial charge in [0, 0.05) is 5.69 Å². The van der Waals surface area contributed by atoms with Gasteiger partial charge in [-0.05, 0) is 39.3 Å². The average molecular weight is 281 g/mol. The molecule has 1 atom stereocenters. The van der Waals surface area contributed by atoms with Crippen LogP contribution in [-0.4, -0.2) is 34.4 Å². The van der Waals surface area contributed by atoms with Crippen molar-refractivity contribution in [2.75, 3.05) is 13.2 Å². The zero-order chi connectivity index (χ0) is 15.2. The molecule has 0 fully saturated rings. The lowest BCUT2D eigenvalue weighted by Crippen LogP contribution is -2.53. The van der Waals surface area contributed by atoms with Crippen LogP contribution in [0, 0.1) is 0 Å². The number of carbonyl (C=O) groups is 1. The van der Waals surface area contributed by atoms with E-state index in [0.717, 1.165) is 24.2 Å². The van der Waals surface area contributed by atoms with Crippen LogP contribution in [0.25, 0.3) is 0 Å². The molecule has 5 nitrogen and oxygen atoms in total. The molecule has 0 saturated heterocycles. The maximum atomic E-state index is 12.2. The Morgan fingerprint density at radius 3 is 2.55 bits per heavy atom. The molecule has 0 aliphatic heterocycles. The predicted molar refractivity (Wildman–Crippen MR) is 79.7 cm³/mol. The molecule has 0 saturated carbocycles. The standard InChI is InChI=1S/C15H27N3O2/c1-6-12-10-13(7-2)18(17-12)11-15(5,16-8-3)14(19)20-9-4/h10,16H,6-9,11H2,1-5H3. The van der Waals surface area contributed by atoms with Crippen molar-refractivity contribution in [3.05, 3.63) is 17.5 Å². The first-order chi connectivity index (χ1) is 9.50. The van der Waals surface area contributed by atoms with E-state index in [1.54, 1.807) is 0 Å². The lowest BCUT2D eigenvalue weighted by atomic mass is 10.0. The number of aryl methyl sites for hydroxylation is 2. The lowest BCUT2D eigenvalue weighted by Gasteiger charge is -2.28. The number of ether oxygens (including phenoxy) is 1. The van der Waals surface area contributed by atoms with E-state index in [2.05, 4.69) is 30.3 Å². The highest BCUT2D eigenvalue weighted by molar-refractivity contribution is 5.80. The van der Waals surface area contributed by atoms with E-state index in [1.165, 1.54) is 0 Å². The van der Waals surface area contributed by atoms with Crippen molar-refractivity contribution >= 4 is 5.97 Å². The summed E-state index contributed by atoms with van der Waals surface area (Å²) in [7, 11) is 0. The van der Waals surface area contributed by atoms with Crippen LogP contribution in [0.5, 0.6) is 0 Å². The molecule has 0 aliphatic carbocycles. The number of hydrogen-bond acceptors (Lipinski definition) is 4. The van der Waals surface area contributed by atoms with Gasteiger partial charge in [0.05, 0.1) is 18.8 Å². The van der Waals surface area contributed by atoms with Gasteiger partial charge in [-0.2, -0.15) is 5.10 Å². The van der Waals surface area contributed by atoms with Gasteiger partial charge in [0.15, 0.2) is 0 Å². The first-order valence-electron chi connectivity index (χ1n) is 7.48. The van der Waals surface area contributed by atoms with Crippen LogP contribution in [0.4, 0.5) is 0 Å². The third-order valence-corrected chi connectivity index (χ3v) is 3.40. The summed E-state index contributed by atoms with van der Waals surface area (Å²) >= 11 is 0. The Balaban J connectivity index is 3.00. The van der Waals surface area contributed by atoms with Crippen molar-refractivity contribution in [3.8, 4) is 0 Å². The molecule has 5 heteroatoms. The van der Waals surface area contributed by atoms with E-state index in [1.807, 2.05) is 25.5 Å². The molecule has 0 spiro atoms. The Bertz CT molecular complexity index is 442. The molecule has 1 aromatic heterocycles. The van der Waals surface area contributed by atoms with Crippen LogP contribution >= 0.6 is 0 Å². The van der Waals surface area contributed by atoms with E-state index in [0.29, 0.717) is 19.7 Å². The molecule has 1 heterocycles. The van der Waals surface area contributed by atoms with Gasteiger partial charge in [-0.3, -0.25) is 4.68 Å². The van der Waals surface area contributed by atoms with Crippen LogP contribution in [0.15, 0.2) is 6.07 Å². The SMILES string of the molecule is CCNC(C)(Cn1nc(CC)cc1CC)C(=O)OCC. The number of esters is 1. The van der Waals surface area contributed by atoms with Gasteiger partial charge in [0.25, 0.3) is 0 Å².